The fourth-order valence-electron chi connectivity index (χ4n) is 1.75. The highest BCUT2D eigenvalue weighted by molar-refractivity contribution is 5.98. The summed E-state index contributed by atoms with van der Waals surface area (Å²) in [7, 11) is 0. The highest BCUT2D eigenvalue weighted by atomic mass is 16.5. The van der Waals surface area contributed by atoms with Crippen LogP contribution in [0.3, 0.4) is 0 Å². The maximum Gasteiger partial charge on any atom is 0.255 e. The number of nitrogens with one attached hydrogen (secondary N) is 1. The van der Waals surface area contributed by atoms with Gasteiger partial charge >= 0.3 is 0 Å². The van der Waals surface area contributed by atoms with Crippen molar-refractivity contribution in [1.29, 1.82) is 0 Å². The van der Waals surface area contributed by atoms with E-state index in [1.165, 1.54) is 0 Å². The third kappa shape index (κ3) is 4.79. The Kier molecular flexibility index (Phi) is 6.74. The van der Waals surface area contributed by atoms with E-state index in [1.54, 1.807) is 18.2 Å². The largest absolute Gasteiger partial charge is 0.491 e. The molecular weight excluding hydrogens is 244 g/mol. The number of anilines is 1. The Morgan fingerprint density at radius 2 is 2.16 bits per heavy atom. The zero-order valence-electron chi connectivity index (χ0n) is 11.3. The third-order valence-corrected chi connectivity index (χ3v) is 2.70. The number of ether oxygens (including phenoxy) is 1. The molecule has 0 spiro atoms. The molecule has 19 heavy (non-hydrogen) atoms. The summed E-state index contributed by atoms with van der Waals surface area (Å²) >= 11 is 0. The van der Waals surface area contributed by atoms with Crippen LogP contribution in [-0.2, 0) is 0 Å². The molecule has 0 aliphatic carbocycles. The van der Waals surface area contributed by atoms with Crippen molar-refractivity contribution in [2.24, 2.45) is 0 Å². The van der Waals surface area contributed by atoms with E-state index in [-0.39, 0.29) is 12.5 Å². The summed E-state index contributed by atoms with van der Waals surface area (Å²) in [5.74, 6) is 0.262. The van der Waals surface area contributed by atoms with Crippen LogP contribution in [0.5, 0.6) is 5.75 Å². The monoisotopic (exact) mass is 266 g/mol. The second-order valence-corrected chi connectivity index (χ2v) is 4.20. The van der Waals surface area contributed by atoms with Gasteiger partial charge in [-0.05, 0) is 38.3 Å². The highest BCUT2D eigenvalue weighted by Crippen LogP contribution is 2.26. The molecule has 1 amide bonds. The average Bonchev–Trinajstić information content (AvgIpc) is 2.41. The van der Waals surface area contributed by atoms with Gasteiger partial charge < -0.3 is 20.9 Å². The number of hydrogen-bond donors (Lipinski definition) is 3. The minimum absolute atomic E-state index is 0.181. The van der Waals surface area contributed by atoms with Gasteiger partial charge in [0.25, 0.3) is 5.91 Å². The molecule has 0 bridgehead atoms. The summed E-state index contributed by atoms with van der Waals surface area (Å²) in [4.78, 5) is 12.0. The Morgan fingerprint density at radius 3 is 2.84 bits per heavy atom. The van der Waals surface area contributed by atoms with Crippen molar-refractivity contribution in [3.05, 3.63) is 23.8 Å². The number of carbonyl (C=O) groups is 1. The summed E-state index contributed by atoms with van der Waals surface area (Å²) in [6.45, 7) is 3.09. The predicted molar refractivity (Wildman–Crippen MR) is 75.3 cm³/mol. The van der Waals surface area contributed by atoms with E-state index >= 15 is 0 Å². The normalized spacial score (nSPS) is 10.2. The quantitative estimate of drug-likeness (QED) is 0.492. The lowest BCUT2D eigenvalue weighted by atomic mass is 10.1. The van der Waals surface area contributed by atoms with Gasteiger partial charge in [-0.25, -0.2) is 0 Å². The second-order valence-electron chi connectivity index (χ2n) is 4.20. The number of nitrogens with two attached hydrogens (primary N) is 1. The number of amides is 1. The first kappa shape index (κ1) is 15.3. The van der Waals surface area contributed by atoms with Crippen molar-refractivity contribution in [2.75, 3.05) is 25.5 Å². The molecule has 0 atom stereocenters. The molecular formula is C14H22N2O3. The molecule has 0 unspecified atom stereocenters. The Labute approximate surface area is 113 Å². The van der Waals surface area contributed by atoms with Gasteiger partial charge in [0.2, 0.25) is 0 Å². The lowest BCUT2D eigenvalue weighted by molar-refractivity contribution is 0.0949. The fraction of sp³-hybridized carbons (Fsp3) is 0.500. The topological polar surface area (TPSA) is 84.6 Å². The molecule has 0 aliphatic heterocycles. The fourth-order valence-corrected chi connectivity index (χ4v) is 1.75. The van der Waals surface area contributed by atoms with Gasteiger partial charge in [0.1, 0.15) is 0 Å². The number of aliphatic hydroxyl groups excluding tert-OH is 1. The van der Waals surface area contributed by atoms with Crippen LogP contribution in [0.25, 0.3) is 0 Å². The first-order valence-corrected chi connectivity index (χ1v) is 6.61. The van der Waals surface area contributed by atoms with E-state index in [0.29, 0.717) is 30.2 Å². The number of carbonyl (C=O) groups excluding carboxylic acids is 1. The number of para-hydroxylation sites is 1. The Bertz CT molecular complexity index is 408. The van der Waals surface area contributed by atoms with Crippen LogP contribution in [0.1, 0.15) is 36.5 Å². The summed E-state index contributed by atoms with van der Waals surface area (Å²) in [5, 5.41) is 11.5. The van der Waals surface area contributed by atoms with Gasteiger partial charge in [-0.1, -0.05) is 6.07 Å². The minimum atomic E-state index is -0.181. The zero-order valence-corrected chi connectivity index (χ0v) is 11.3. The van der Waals surface area contributed by atoms with Gasteiger partial charge in [0, 0.05) is 13.2 Å². The van der Waals surface area contributed by atoms with Gasteiger partial charge in [-0.2, -0.15) is 0 Å². The van der Waals surface area contributed by atoms with Crippen molar-refractivity contribution < 1.29 is 14.6 Å². The number of unbranched alkanes of at least 4 members (excludes halogenated alkanes) is 2. The molecule has 5 heteroatoms. The minimum Gasteiger partial charge on any atom is -0.491 e. The van der Waals surface area contributed by atoms with Crippen LogP contribution in [0.2, 0.25) is 0 Å². The van der Waals surface area contributed by atoms with Crippen LogP contribution < -0.4 is 15.8 Å². The number of aliphatic hydroxyl groups is 1. The van der Waals surface area contributed by atoms with Crippen molar-refractivity contribution in [3.8, 4) is 5.75 Å². The van der Waals surface area contributed by atoms with Gasteiger partial charge in [0.15, 0.2) is 5.75 Å². The van der Waals surface area contributed by atoms with E-state index in [2.05, 4.69) is 5.32 Å². The van der Waals surface area contributed by atoms with Gasteiger partial charge in [0.05, 0.1) is 17.9 Å². The maximum atomic E-state index is 12.0. The smallest absolute Gasteiger partial charge is 0.255 e. The molecule has 1 rings (SSSR count). The summed E-state index contributed by atoms with van der Waals surface area (Å²) in [6, 6.07) is 5.14. The zero-order chi connectivity index (χ0) is 14.1. The standard InChI is InChI=1S/C14H22N2O3/c1-2-19-13-11(7-6-8-12(13)15)14(18)16-9-4-3-5-10-17/h6-8,17H,2-5,9-10,15H2,1H3,(H,16,18). The van der Waals surface area contributed by atoms with Crippen LogP contribution in [0, 0.1) is 0 Å². The molecule has 0 saturated heterocycles. The van der Waals surface area contributed by atoms with E-state index in [4.69, 9.17) is 15.6 Å². The molecule has 0 aromatic heterocycles. The molecule has 0 saturated carbocycles. The van der Waals surface area contributed by atoms with Crippen LogP contribution >= 0.6 is 0 Å². The molecule has 0 heterocycles. The van der Waals surface area contributed by atoms with E-state index < -0.39 is 0 Å². The Balaban J connectivity index is 2.58. The highest BCUT2D eigenvalue weighted by Gasteiger charge is 2.14. The van der Waals surface area contributed by atoms with Crippen LogP contribution in [-0.4, -0.2) is 30.8 Å². The first-order valence-electron chi connectivity index (χ1n) is 6.61. The summed E-state index contributed by atoms with van der Waals surface area (Å²) < 4.78 is 5.41. The summed E-state index contributed by atoms with van der Waals surface area (Å²) in [6.07, 6.45) is 2.50. The Hall–Kier alpha value is -1.75. The number of nitrogen functional groups attached to an aromatic ring is 1. The molecule has 1 aromatic rings. The number of benzene rings is 1. The first-order chi connectivity index (χ1) is 9.20. The Morgan fingerprint density at radius 1 is 1.37 bits per heavy atom. The number of rotatable bonds is 8. The van der Waals surface area contributed by atoms with Gasteiger partial charge in [-0.3, -0.25) is 4.79 Å². The van der Waals surface area contributed by atoms with Crippen LogP contribution in [0.15, 0.2) is 18.2 Å². The van der Waals surface area contributed by atoms with Crippen molar-refractivity contribution in [2.45, 2.75) is 26.2 Å². The molecule has 4 N–H and O–H groups in total. The average molecular weight is 266 g/mol. The molecule has 0 fully saturated rings. The molecule has 5 nitrogen and oxygen atoms in total. The summed E-state index contributed by atoms with van der Waals surface area (Å²) in [5.41, 5.74) is 6.74. The van der Waals surface area contributed by atoms with E-state index in [0.717, 1.165) is 19.3 Å². The third-order valence-electron chi connectivity index (χ3n) is 2.70. The SMILES string of the molecule is CCOc1c(N)cccc1C(=O)NCCCCCO. The van der Waals surface area contributed by atoms with Crippen molar-refractivity contribution in [3.63, 3.8) is 0 Å². The van der Waals surface area contributed by atoms with Crippen LogP contribution in [0.4, 0.5) is 5.69 Å². The van der Waals surface area contributed by atoms with Crippen molar-refractivity contribution in [1.82, 2.24) is 5.32 Å². The second kappa shape index (κ2) is 8.37. The predicted octanol–water partition coefficient (Wildman–Crippen LogP) is 1.56. The molecule has 1 aromatic carbocycles. The van der Waals surface area contributed by atoms with E-state index in [9.17, 15) is 4.79 Å². The van der Waals surface area contributed by atoms with Gasteiger partial charge in [-0.15, -0.1) is 0 Å². The molecule has 0 radical (unpaired) electrons. The lowest BCUT2D eigenvalue weighted by Crippen LogP contribution is -2.25. The number of hydrogen-bond acceptors (Lipinski definition) is 4. The molecule has 0 aliphatic rings. The molecule has 106 valence electrons. The van der Waals surface area contributed by atoms with E-state index in [1.807, 2.05) is 6.92 Å². The van der Waals surface area contributed by atoms with Crippen molar-refractivity contribution >= 4 is 11.6 Å². The lowest BCUT2D eigenvalue weighted by Gasteiger charge is -2.12. The maximum absolute atomic E-state index is 12.0.